The Bertz CT molecular complexity index is 959. The minimum Gasteiger partial charge on any atom is -0.488 e. The predicted octanol–water partition coefficient (Wildman–Crippen LogP) is 4.87. The topological polar surface area (TPSA) is 62.7 Å². The Morgan fingerprint density at radius 3 is 2.48 bits per heavy atom. The highest BCUT2D eigenvalue weighted by Gasteiger charge is 2.11. The monoisotopic (exact) mass is 407 g/mol. The summed E-state index contributed by atoms with van der Waals surface area (Å²) in [5.41, 5.74) is 5.21. The SMILES string of the molecule is C[C@@H](Nc1ccc(Cl)cc1)C(=O)NN=Cc1ccccc1OCc1ccccc1. The number of nitrogens with zero attached hydrogens (tertiary/aromatic N) is 1. The Morgan fingerprint density at radius 2 is 1.72 bits per heavy atom. The summed E-state index contributed by atoms with van der Waals surface area (Å²) < 4.78 is 5.89. The third kappa shape index (κ3) is 6.36. The number of ether oxygens (including phenoxy) is 1. The standard InChI is InChI=1S/C23H22ClN3O2/c1-17(26-21-13-11-20(24)12-14-21)23(28)27-25-15-19-9-5-6-10-22(19)29-16-18-7-3-2-4-8-18/h2-15,17,26H,16H2,1H3,(H,27,28)/t17-/m1/s1. The van der Waals surface area contributed by atoms with Gasteiger partial charge in [-0.2, -0.15) is 5.10 Å². The first-order chi connectivity index (χ1) is 14.1. The minimum absolute atomic E-state index is 0.251. The summed E-state index contributed by atoms with van der Waals surface area (Å²) in [7, 11) is 0. The van der Waals surface area contributed by atoms with E-state index in [1.54, 1.807) is 25.3 Å². The second kappa shape index (κ2) is 10.3. The van der Waals surface area contributed by atoms with E-state index in [1.165, 1.54) is 0 Å². The van der Waals surface area contributed by atoms with Gasteiger partial charge in [0.2, 0.25) is 0 Å². The van der Waals surface area contributed by atoms with Crippen molar-refractivity contribution in [3.05, 3.63) is 95.0 Å². The van der Waals surface area contributed by atoms with Gasteiger partial charge < -0.3 is 10.1 Å². The van der Waals surface area contributed by atoms with E-state index in [4.69, 9.17) is 16.3 Å². The fraction of sp³-hybridized carbons (Fsp3) is 0.130. The lowest BCUT2D eigenvalue weighted by molar-refractivity contribution is -0.121. The van der Waals surface area contributed by atoms with E-state index in [0.717, 1.165) is 16.8 Å². The van der Waals surface area contributed by atoms with E-state index in [-0.39, 0.29) is 5.91 Å². The summed E-state index contributed by atoms with van der Waals surface area (Å²) in [4.78, 5) is 12.3. The molecule has 0 aromatic heterocycles. The molecular formula is C23H22ClN3O2. The van der Waals surface area contributed by atoms with E-state index in [0.29, 0.717) is 17.4 Å². The number of hydrogen-bond acceptors (Lipinski definition) is 4. The highest BCUT2D eigenvalue weighted by Crippen LogP contribution is 2.18. The number of amides is 1. The van der Waals surface area contributed by atoms with Gasteiger partial charge in [0.1, 0.15) is 18.4 Å². The van der Waals surface area contributed by atoms with Crippen molar-refractivity contribution in [1.82, 2.24) is 5.43 Å². The van der Waals surface area contributed by atoms with E-state index in [9.17, 15) is 4.79 Å². The number of hydrazone groups is 1. The lowest BCUT2D eigenvalue weighted by Gasteiger charge is -2.13. The number of benzene rings is 3. The first kappa shape index (κ1) is 20.4. The molecular weight excluding hydrogens is 386 g/mol. The van der Waals surface area contributed by atoms with Crippen molar-refractivity contribution in [2.24, 2.45) is 5.10 Å². The number of halogens is 1. The van der Waals surface area contributed by atoms with Gasteiger partial charge in [-0.3, -0.25) is 4.79 Å². The van der Waals surface area contributed by atoms with Crippen LogP contribution in [-0.2, 0) is 11.4 Å². The Balaban J connectivity index is 1.55. The molecule has 0 saturated carbocycles. The smallest absolute Gasteiger partial charge is 0.262 e. The molecule has 0 unspecified atom stereocenters. The Morgan fingerprint density at radius 1 is 1.03 bits per heavy atom. The van der Waals surface area contributed by atoms with Crippen LogP contribution in [0.15, 0.2) is 84.0 Å². The van der Waals surface area contributed by atoms with Crippen molar-refractivity contribution in [2.75, 3.05) is 5.32 Å². The molecule has 0 saturated heterocycles. The largest absolute Gasteiger partial charge is 0.488 e. The quantitative estimate of drug-likeness (QED) is 0.413. The van der Waals surface area contributed by atoms with E-state index >= 15 is 0 Å². The number of hydrogen-bond donors (Lipinski definition) is 2. The van der Waals surface area contributed by atoms with Crippen molar-refractivity contribution in [1.29, 1.82) is 0 Å². The zero-order valence-electron chi connectivity index (χ0n) is 16.0. The van der Waals surface area contributed by atoms with Crippen LogP contribution in [0.25, 0.3) is 0 Å². The first-order valence-electron chi connectivity index (χ1n) is 9.22. The van der Waals surface area contributed by atoms with Gasteiger partial charge >= 0.3 is 0 Å². The Labute approximate surface area is 175 Å². The van der Waals surface area contributed by atoms with Gasteiger partial charge in [0.15, 0.2) is 0 Å². The lowest BCUT2D eigenvalue weighted by Crippen LogP contribution is -2.34. The molecule has 0 aliphatic carbocycles. The van der Waals surface area contributed by atoms with Gasteiger partial charge in [0.25, 0.3) is 5.91 Å². The molecule has 0 radical (unpaired) electrons. The number of carbonyl (C=O) groups is 1. The molecule has 0 fully saturated rings. The maximum absolute atomic E-state index is 12.3. The summed E-state index contributed by atoms with van der Waals surface area (Å²) in [6.07, 6.45) is 1.58. The predicted molar refractivity (Wildman–Crippen MR) is 117 cm³/mol. The molecule has 3 aromatic carbocycles. The first-order valence-corrected chi connectivity index (χ1v) is 9.60. The number of para-hydroxylation sites is 1. The van der Waals surface area contributed by atoms with Crippen molar-refractivity contribution < 1.29 is 9.53 Å². The van der Waals surface area contributed by atoms with Gasteiger partial charge in [0, 0.05) is 16.3 Å². The maximum Gasteiger partial charge on any atom is 0.262 e. The van der Waals surface area contributed by atoms with Crippen LogP contribution in [0.2, 0.25) is 5.02 Å². The molecule has 2 N–H and O–H groups in total. The maximum atomic E-state index is 12.3. The molecule has 3 rings (SSSR count). The summed E-state index contributed by atoms with van der Waals surface area (Å²) in [6, 6.07) is 24.2. The molecule has 0 bridgehead atoms. The van der Waals surface area contributed by atoms with Crippen molar-refractivity contribution >= 4 is 29.4 Å². The fourth-order valence-corrected chi connectivity index (χ4v) is 2.70. The van der Waals surface area contributed by atoms with Gasteiger partial charge in [-0.15, -0.1) is 0 Å². The van der Waals surface area contributed by atoms with Gasteiger partial charge in [-0.1, -0.05) is 54.1 Å². The number of nitrogens with one attached hydrogen (secondary N) is 2. The number of carbonyl (C=O) groups excluding carboxylic acids is 1. The third-order valence-corrected chi connectivity index (χ3v) is 4.41. The van der Waals surface area contributed by atoms with Gasteiger partial charge in [0.05, 0.1) is 6.21 Å². The molecule has 1 amide bonds. The van der Waals surface area contributed by atoms with Crippen LogP contribution in [0, 0.1) is 0 Å². The minimum atomic E-state index is -0.460. The zero-order valence-corrected chi connectivity index (χ0v) is 16.8. The lowest BCUT2D eigenvalue weighted by atomic mass is 10.2. The summed E-state index contributed by atoms with van der Waals surface area (Å²) in [6.45, 7) is 2.22. The zero-order chi connectivity index (χ0) is 20.5. The fourth-order valence-electron chi connectivity index (χ4n) is 2.58. The summed E-state index contributed by atoms with van der Waals surface area (Å²) >= 11 is 5.87. The van der Waals surface area contributed by atoms with Crippen LogP contribution in [-0.4, -0.2) is 18.2 Å². The Hall–Kier alpha value is -3.31. The van der Waals surface area contributed by atoms with Crippen molar-refractivity contribution in [3.63, 3.8) is 0 Å². The van der Waals surface area contributed by atoms with Crippen LogP contribution in [0.3, 0.4) is 0 Å². The van der Waals surface area contributed by atoms with E-state index in [1.807, 2.05) is 66.7 Å². The van der Waals surface area contributed by atoms with Crippen LogP contribution in [0.4, 0.5) is 5.69 Å². The van der Waals surface area contributed by atoms with Crippen LogP contribution in [0.1, 0.15) is 18.1 Å². The van der Waals surface area contributed by atoms with Gasteiger partial charge in [-0.25, -0.2) is 5.43 Å². The average Bonchev–Trinajstić information content (AvgIpc) is 2.75. The molecule has 0 spiro atoms. The molecule has 29 heavy (non-hydrogen) atoms. The van der Waals surface area contributed by atoms with Gasteiger partial charge in [-0.05, 0) is 48.9 Å². The van der Waals surface area contributed by atoms with E-state index in [2.05, 4.69) is 15.8 Å². The molecule has 1 atom stereocenters. The molecule has 5 nitrogen and oxygen atoms in total. The molecule has 0 aliphatic heterocycles. The number of anilines is 1. The molecule has 0 heterocycles. The third-order valence-electron chi connectivity index (χ3n) is 4.16. The van der Waals surface area contributed by atoms with Crippen LogP contribution < -0.4 is 15.5 Å². The highest BCUT2D eigenvalue weighted by atomic mass is 35.5. The van der Waals surface area contributed by atoms with E-state index < -0.39 is 6.04 Å². The van der Waals surface area contributed by atoms with Crippen molar-refractivity contribution in [3.8, 4) is 5.75 Å². The van der Waals surface area contributed by atoms with Crippen LogP contribution >= 0.6 is 11.6 Å². The second-order valence-corrected chi connectivity index (χ2v) is 6.86. The summed E-state index contributed by atoms with van der Waals surface area (Å²) in [5, 5.41) is 7.81. The average molecular weight is 408 g/mol. The van der Waals surface area contributed by atoms with Crippen LogP contribution in [0.5, 0.6) is 5.75 Å². The summed E-state index contributed by atoms with van der Waals surface area (Å²) in [5.74, 6) is 0.445. The molecule has 3 aromatic rings. The highest BCUT2D eigenvalue weighted by molar-refractivity contribution is 6.30. The molecule has 6 heteroatoms. The molecule has 148 valence electrons. The normalized spacial score (nSPS) is 11.8. The van der Waals surface area contributed by atoms with Crippen molar-refractivity contribution in [2.45, 2.75) is 19.6 Å². The molecule has 0 aliphatic rings. The Kier molecular flexibility index (Phi) is 7.25. The number of rotatable bonds is 8. The second-order valence-electron chi connectivity index (χ2n) is 6.42.